The largest absolute Gasteiger partial charge is 0.282 e. The van der Waals surface area contributed by atoms with Crippen LogP contribution in [0.1, 0.15) is 26.7 Å². The molecule has 1 saturated heterocycles. The average molecular weight is 216 g/mol. The maximum Gasteiger partial charge on any atom is 0.214 e. The molecule has 0 spiro atoms. The highest BCUT2D eigenvalue weighted by atomic mass is 32.2. The van der Waals surface area contributed by atoms with Gasteiger partial charge >= 0.3 is 0 Å². The summed E-state index contributed by atoms with van der Waals surface area (Å²) in [6.45, 7) is 7.66. The lowest BCUT2D eigenvalue weighted by molar-refractivity contribution is -0.107. The van der Waals surface area contributed by atoms with Crippen LogP contribution >= 0.6 is 23.5 Å². The maximum atomic E-state index is 11.5. The van der Waals surface area contributed by atoms with Crippen LogP contribution in [-0.4, -0.2) is 21.4 Å². The van der Waals surface area contributed by atoms with Crippen molar-refractivity contribution in [1.82, 2.24) is 0 Å². The molecule has 74 valence electrons. The minimum Gasteiger partial charge on any atom is -0.282 e. The van der Waals surface area contributed by atoms with E-state index in [0.29, 0.717) is 5.57 Å². The zero-order chi connectivity index (χ0) is 9.90. The van der Waals surface area contributed by atoms with Crippen LogP contribution in [-0.2, 0) is 4.79 Å². The van der Waals surface area contributed by atoms with Gasteiger partial charge in [-0.2, -0.15) is 11.8 Å². The Labute approximate surface area is 88.7 Å². The molecule has 0 radical (unpaired) electrons. The van der Waals surface area contributed by atoms with Gasteiger partial charge in [-0.1, -0.05) is 18.3 Å². The van der Waals surface area contributed by atoms with Crippen LogP contribution in [0.15, 0.2) is 12.2 Å². The first kappa shape index (κ1) is 11.2. The number of hydrogen-bond acceptors (Lipinski definition) is 3. The fraction of sp³-hybridized carbons (Fsp3) is 0.700. The van der Waals surface area contributed by atoms with Gasteiger partial charge in [-0.3, -0.25) is 4.79 Å². The summed E-state index contributed by atoms with van der Waals surface area (Å²) in [4.78, 5) is 11.5. The third kappa shape index (κ3) is 3.39. The number of carbonyl (C=O) groups is 1. The molecule has 0 aromatic rings. The summed E-state index contributed by atoms with van der Waals surface area (Å²) in [6, 6.07) is 0. The van der Waals surface area contributed by atoms with E-state index >= 15 is 0 Å². The van der Waals surface area contributed by atoms with Crippen molar-refractivity contribution >= 4 is 28.6 Å². The Morgan fingerprint density at radius 3 is 2.46 bits per heavy atom. The van der Waals surface area contributed by atoms with Gasteiger partial charge in [0.15, 0.2) is 0 Å². The summed E-state index contributed by atoms with van der Waals surface area (Å²) >= 11 is 3.46. The fourth-order valence-corrected chi connectivity index (χ4v) is 3.90. The molecule has 0 aromatic heterocycles. The molecule has 0 unspecified atom stereocenters. The number of carbonyl (C=O) groups excluding carboxylic acids is 1. The molecule has 0 bridgehead atoms. The van der Waals surface area contributed by atoms with E-state index < -0.39 is 0 Å². The van der Waals surface area contributed by atoms with Gasteiger partial charge < -0.3 is 0 Å². The monoisotopic (exact) mass is 216 g/mol. The number of thioether (sulfide) groups is 2. The van der Waals surface area contributed by atoms with Crippen molar-refractivity contribution in [3.05, 3.63) is 12.2 Å². The van der Waals surface area contributed by atoms with Crippen molar-refractivity contribution in [2.45, 2.75) is 31.4 Å². The fourth-order valence-electron chi connectivity index (χ4n) is 1.22. The highest BCUT2D eigenvalue weighted by molar-refractivity contribution is 8.15. The molecule has 0 aromatic carbocycles. The molecule has 0 saturated carbocycles. The Bertz CT molecular complexity index is 217. The first-order chi connectivity index (χ1) is 6.03. The van der Waals surface area contributed by atoms with Crippen molar-refractivity contribution in [3.63, 3.8) is 0 Å². The summed E-state index contributed by atoms with van der Waals surface area (Å²) in [5.41, 5.74) is 0.671. The molecule has 0 N–H and O–H groups in total. The molecule has 0 atom stereocenters. The molecule has 0 aliphatic carbocycles. The van der Waals surface area contributed by atoms with E-state index in [-0.39, 0.29) is 9.86 Å². The van der Waals surface area contributed by atoms with E-state index in [9.17, 15) is 4.79 Å². The highest BCUT2D eigenvalue weighted by Gasteiger charge is 2.30. The van der Waals surface area contributed by atoms with Crippen LogP contribution in [0.25, 0.3) is 0 Å². The van der Waals surface area contributed by atoms with Gasteiger partial charge in [0.05, 0.1) is 0 Å². The van der Waals surface area contributed by atoms with Gasteiger partial charge in [-0.25, -0.2) is 0 Å². The Kier molecular flexibility index (Phi) is 3.92. The second-order valence-electron chi connectivity index (χ2n) is 3.73. The first-order valence-electron chi connectivity index (χ1n) is 4.50. The molecule has 1 fully saturated rings. The zero-order valence-corrected chi connectivity index (χ0v) is 9.89. The summed E-state index contributed by atoms with van der Waals surface area (Å²) < 4.78 is 0.168. The number of hydrogen-bond donors (Lipinski definition) is 0. The third-order valence-corrected chi connectivity index (χ3v) is 4.66. The van der Waals surface area contributed by atoms with E-state index in [1.54, 1.807) is 6.92 Å². The van der Waals surface area contributed by atoms with Crippen LogP contribution in [0.4, 0.5) is 0 Å². The zero-order valence-electron chi connectivity index (χ0n) is 8.26. The SMILES string of the molecule is C=C(C)C(=O)SC1(C)CCSCC1. The normalized spacial score (nSPS) is 21.1. The van der Waals surface area contributed by atoms with E-state index in [4.69, 9.17) is 0 Å². The van der Waals surface area contributed by atoms with Gasteiger partial charge in [0, 0.05) is 4.75 Å². The minimum atomic E-state index is 0.161. The van der Waals surface area contributed by atoms with E-state index in [0.717, 1.165) is 12.8 Å². The second-order valence-corrected chi connectivity index (χ2v) is 6.52. The molecule has 3 heteroatoms. The molecule has 1 heterocycles. The van der Waals surface area contributed by atoms with Crippen molar-refractivity contribution in [3.8, 4) is 0 Å². The molecule has 1 nitrogen and oxygen atoms in total. The van der Waals surface area contributed by atoms with E-state index in [1.807, 2.05) is 11.8 Å². The average Bonchev–Trinajstić information content (AvgIpc) is 2.04. The smallest absolute Gasteiger partial charge is 0.214 e. The van der Waals surface area contributed by atoms with Gasteiger partial charge in [0.25, 0.3) is 0 Å². The highest BCUT2D eigenvalue weighted by Crippen LogP contribution is 2.39. The van der Waals surface area contributed by atoms with Gasteiger partial charge in [-0.15, -0.1) is 0 Å². The Morgan fingerprint density at radius 1 is 1.46 bits per heavy atom. The lowest BCUT2D eigenvalue weighted by Crippen LogP contribution is -2.27. The summed E-state index contributed by atoms with van der Waals surface area (Å²) in [6.07, 6.45) is 2.28. The molecule has 1 aliphatic heterocycles. The van der Waals surface area contributed by atoms with Crippen LogP contribution in [0.3, 0.4) is 0 Å². The predicted octanol–water partition coefficient (Wildman–Crippen LogP) is 3.11. The molecule has 13 heavy (non-hydrogen) atoms. The molecule has 1 rings (SSSR count). The summed E-state index contributed by atoms with van der Waals surface area (Å²) in [5, 5.41) is 0.161. The lowest BCUT2D eigenvalue weighted by Gasteiger charge is -2.31. The van der Waals surface area contributed by atoms with Crippen molar-refractivity contribution in [1.29, 1.82) is 0 Å². The summed E-state index contributed by atoms with van der Waals surface area (Å²) in [7, 11) is 0. The van der Waals surface area contributed by atoms with Crippen LogP contribution in [0, 0.1) is 0 Å². The van der Waals surface area contributed by atoms with Gasteiger partial charge in [-0.05, 0) is 43.8 Å². The van der Waals surface area contributed by atoms with E-state index in [2.05, 4.69) is 13.5 Å². The quantitative estimate of drug-likeness (QED) is 0.660. The Morgan fingerprint density at radius 2 is 2.00 bits per heavy atom. The van der Waals surface area contributed by atoms with Crippen molar-refractivity contribution in [2.75, 3.05) is 11.5 Å². The topological polar surface area (TPSA) is 17.1 Å². The molecular formula is C10H16OS2. The second kappa shape index (κ2) is 4.56. The Hall–Kier alpha value is 0.110. The number of rotatable bonds is 2. The molecule has 1 aliphatic rings. The summed E-state index contributed by atoms with van der Waals surface area (Å²) in [5.74, 6) is 2.37. The maximum absolute atomic E-state index is 11.5. The van der Waals surface area contributed by atoms with Crippen molar-refractivity contribution < 1.29 is 4.79 Å². The van der Waals surface area contributed by atoms with Crippen LogP contribution in [0.2, 0.25) is 0 Å². The minimum absolute atomic E-state index is 0.161. The van der Waals surface area contributed by atoms with Gasteiger partial charge in [0.1, 0.15) is 0 Å². The van der Waals surface area contributed by atoms with E-state index in [1.165, 1.54) is 23.3 Å². The third-order valence-electron chi connectivity index (χ3n) is 2.24. The molecular weight excluding hydrogens is 200 g/mol. The molecule has 0 amide bonds. The van der Waals surface area contributed by atoms with Crippen LogP contribution < -0.4 is 0 Å². The standard InChI is InChI=1S/C10H16OS2/c1-8(2)9(11)13-10(3)4-6-12-7-5-10/h1,4-7H2,2-3H3. The van der Waals surface area contributed by atoms with Crippen LogP contribution in [0.5, 0.6) is 0 Å². The van der Waals surface area contributed by atoms with Crippen molar-refractivity contribution in [2.24, 2.45) is 0 Å². The predicted molar refractivity (Wildman–Crippen MR) is 62.4 cm³/mol. The Balaban J connectivity index is 2.50. The van der Waals surface area contributed by atoms with Gasteiger partial charge in [0.2, 0.25) is 5.12 Å². The lowest BCUT2D eigenvalue weighted by atomic mass is 10.1. The first-order valence-corrected chi connectivity index (χ1v) is 6.47.